The summed E-state index contributed by atoms with van der Waals surface area (Å²) >= 11 is 0. The van der Waals surface area contributed by atoms with Gasteiger partial charge < -0.3 is 15.3 Å². The maximum absolute atomic E-state index is 13.7. The number of aliphatic hydroxyl groups is 3. The molecular formula is C25H38O5. The van der Waals surface area contributed by atoms with E-state index >= 15 is 0 Å². The van der Waals surface area contributed by atoms with Gasteiger partial charge in [-0.25, -0.2) is 0 Å². The van der Waals surface area contributed by atoms with Gasteiger partial charge in [-0.05, 0) is 64.2 Å². The zero-order valence-electron chi connectivity index (χ0n) is 19.7. The number of ketones is 2. The molecule has 3 rings (SSSR count). The molecule has 0 amide bonds. The first-order valence-electron chi connectivity index (χ1n) is 11.1. The highest BCUT2D eigenvalue weighted by Crippen LogP contribution is 2.75. The molecule has 5 heteroatoms. The van der Waals surface area contributed by atoms with Gasteiger partial charge in [0.2, 0.25) is 0 Å². The average Bonchev–Trinajstić information content (AvgIpc) is 2.97. The Kier molecular flexibility index (Phi) is 5.24. The molecule has 3 aliphatic carbocycles. The molecule has 168 valence electrons. The van der Waals surface area contributed by atoms with Crippen molar-refractivity contribution in [3.05, 3.63) is 23.0 Å². The molecule has 1 spiro atoms. The third kappa shape index (κ3) is 2.81. The van der Waals surface area contributed by atoms with Crippen molar-refractivity contribution < 1.29 is 24.9 Å². The quantitative estimate of drug-likeness (QED) is 0.461. The van der Waals surface area contributed by atoms with Crippen molar-refractivity contribution in [2.75, 3.05) is 0 Å². The Morgan fingerprint density at radius 2 is 1.80 bits per heavy atom. The van der Waals surface area contributed by atoms with Gasteiger partial charge in [0.15, 0.2) is 11.6 Å². The van der Waals surface area contributed by atoms with Gasteiger partial charge in [-0.1, -0.05) is 39.3 Å². The maximum atomic E-state index is 13.7. The fourth-order valence-electron chi connectivity index (χ4n) is 6.91. The average molecular weight is 419 g/mol. The number of carbonyl (C=O) groups is 2. The highest BCUT2D eigenvalue weighted by Gasteiger charge is 2.77. The maximum Gasteiger partial charge on any atom is 0.178 e. The number of Topliss-reactive ketones (excluding diaryl/α,β-unsaturated/α-hetero) is 2. The van der Waals surface area contributed by atoms with Crippen molar-refractivity contribution in [2.45, 2.75) is 86.4 Å². The number of rotatable bonds is 5. The van der Waals surface area contributed by atoms with E-state index in [-0.39, 0.29) is 29.0 Å². The molecule has 5 nitrogen and oxygen atoms in total. The minimum absolute atomic E-state index is 0.118. The first-order chi connectivity index (χ1) is 13.5. The monoisotopic (exact) mass is 418 g/mol. The van der Waals surface area contributed by atoms with Gasteiger partial charge in [-0.3, -0.25) is 9.59 Å². The van der Waals surface area contributed by atoms with Gasteiger partial charge in [0.1, 0.15) is 5.76 Å². The second-order valence-electron chi connectivity index (χ2n) is 11.6. The molecule has 30 heavy (non-hydrogen) atoms. The Morgan fingerprint density at radius 1 is 1.23 bits per heavy atom. The molecule has 0 heterocycles. The summed E-state index contributed by atoms with van der Waals surface area (Å²) in [5.74, 6) is -1.88. The first-order valence-corrected chi connectivity index (χ1v) is 11.1. The summed E-state index contributed by atoms with van der Waals surface area (Å²) in [6, 6.07) is 0. The summed E-state index contributed by atoms with van der Waals surface area (Å²) in [6.45, 7) is 15.0. The van der Waals surface area contributed by atoms with Crippen molar-refractivity contribution in [1.82, 2.24) is 0 Å². The van der Waals surface area contributed by atoms with Crippen LogP contribution >= 0.6 is 0 Å². The van der Waals surface area contributed by atoms with E-state index < -0.39 is 39.7 Å². The lowest BCUT2D eigenvalue weighted by molar-refractivity contribution is -0.140. The van der Waals surface area contributed by atoms with Crippen LogP contribution in [0.15, 0.2) is 23.0 Å². The van der Waals surface area contributed by atoms with Gasteiger partial charge in [-0.2, -0.15) is 0 Å². The molecule has 3 N–H and O–H groups in total. The molecule has 2 bridgehead atoms. The fourth-order valence-corrected chi connectivity index (χ4v) is 6.91. The number of carbonyl (C=O) groups excluding carboxylic acids is 2. The normalized spacial score (nSPS) is 37.6. The van der Waals surface area contributed by atoms with Gasteiger partial charge in [0, 0.05) is 5.92 Å². The van der Waals surface area contributed by atoms with Crippen molar-refractivity contribution >= 4 is 11.6 Å². The van der Waals surface area contributed by atoms with Crippen LogP contribution in [0.5, 0.6) is 0 Å². The van der Waals surface area contributed by atoms with E-state index in [9.17, 15) is 24.9 Å². The van der Waals surface area contributed by atoms with E-state index in [0.717, 1.165) is 5.57 Å². The summed E-state index contributed by atoms with van der Waals surface area (Å²) in [6.07, 6.45) is 1.96. The van der Waals surface area contributed by atoms with Gasteiger partial charge in [-0.15, -0.1) is 0 Å². The topological polar surface area (TPSA) is 94.8 Å². The molecule has 0 aliphatic heterocycles. The predicted octanol–water partition coefficient (Wildman–Crippen LogP) is 4.13. The number of fused-ring (bicyclic) bond motifs is 1. The van der Waals surface area contributed by atoms with Crippen LogP contribution < -0.4 is 0 Å². The van der Waals surface area contributed by atoms with Gasteiger partial charge >= 0.3 is 0 Å². The molecule has 0 aromatic rings. The Balaban J connectivity index is 2.30. The van der Waals surface area contributed by atoms with Gasteiger partial charge in [0.05, 0.1) is 28.1 Å². The highest BCUT2D eigenvalue weighted by molar-refractivity contribution is 6.24. The standard InChI is InChI=1S/C25H38O5/c1-13(2)9-10-24-11-16-22(5,6)15(23(7,8)30)12-25(16,21(24)29)20(28)17(19(24)27)18(26)14(3)4/h9,14-16,21,28-30H,10-12H2,1-8H3/t15-,16+,21?,24?,25-/m1/s1. The van der Waals surface area contributed by atoms with Crippen LogP contribution in [0.3, 0.4) is 0 Å². The second-order valence-corrected chi connectivity index (χ2v) is 11.6. The van der Waals surface area contributed by atoms with Crippen molar-refractivity contribution in [3.8, 4) is 0 Å². The minimum atomic E-state index is -1.12. The smallest absolute Gasteiger partial charge is 0.178 e. The van der Waals surface area contributed by atoms with E-state index in [0.29, 0.717) is 19.3 Å². The Bertz CT molecular complexity index is 836. The summed E-state index contributed by atoms with van der Waals surface area (Å²) in [7, 11) is 0. The third-order valence-corrected chi connectivity index (χ3v) is 8.39. The van der Waals surface area contributed by atoms with Crippen LogP contribution in [0.25, 0.3) is 0 Å². The summed E-state index contributed by atoms with van der Waals surface area (Å²) in [5.41, 5.74) is -2.73. The third-order valence-electron chi connectivity index (χ3n) is 8.39. The number of hydrogen-bond donors (Lipinski definition) is 3. The van der Waals surface area contributed by atoms with Crippen molar-refractivity contribution in [3.63, 3.8) is 0 Å². The van der Waals surface area contributed by atoms with Crippen molar-refractivity contribution in [1.29, 1.82) is 0 Å². The molecule has 2 unspecified atom stereocenters. The van der Waals surface area contributed by atoms with Crippen LogP contribution in [0.1, 0.15) is 74.7 Å². The Labute approximate surface area is 180 Å². The number of allylic oxidation sites excluding steroid dienone is 3. The fraction of sp³-hybridized carbons (Fsp3) is 0.760. The zero-order valence-corrected chi connectivity index (χ0v) is 19.7. The van der Waals surface area contributed by atoms with Crippen LogP contribution in [-0.2, 0) is 9.59 Å². The molecule has 0 aromatic heterocycles. The molecular weight excluding hydrogens is 380 g/mol. The van der Waals surface area contributed by atoms with Crippen LogP contribution in [0.4, 0.5) is 0 Å². The Morgan fingerprint density at radius 3 is 2.27 bits per heavy atom. The number of aliphatic hydroxyl groups excluding tert-OH is 2. The van der Waals surface area contributed by atoms with Crippen molar-refractivity contribution in [2.24, 2.45) is 34.0 Å². The molecule has 2 fully saturated rings. The lowest BCUT2D eigenvalue weighted by Gasteiger charge is -2.44. The van der Waals surface area contributed by atoms with Gasteiger partial charge in [0.25, 0.3) is 0 Å². The molecule has 5 atom stereocenters. The van der Waals surface area contributed by atoms with E-state index in [1.54, 1.807) is 27.7 Å². The molecule has 0 aromatic carbocycles. The minimum Gasteiger partial charge on any atom is -0.511 e. The lowest BCUT2D eigenvalue weighted by atomic mass is 9.61. The molecule has 2 saturated carbocycles. The first kappa shape index (κ1) is 23.2. The summed E-state index contributed by atoms with van der Waals surface area (Å²) in [4.78, 5) is 26.8. The van der Waals surface area contributed by atoms with E-state index in [1.165, 1.54) is 0 Å². The van der Waals surface area contributed by atoms with Crippen LogP contribution in [0, 0.1) is 34.0 Å². The highest BCUT2D eigenvalue weighted by atomic mass is 16.3. The van der Waals surface area contributed by atoms with Crippen LogP contribution in [0.2, 0.25) is 0 Å². The van der Waals surface area contributed by atoms with E-state index in [2.05, 4.69) is 13.8 Å². The predicted molar refractivity (Wildman–Crippen MR) is 116 cm³/mol. The lowest BCUT2D eigenvalue weighted by Crippen LogP contribution is -2.53. The summed E-state index contributed by atoms with van der Waals surface area (Å²) < 4.78 is 0. The molecule has 0 radical (unpaired) electrons. The van der Waals surface area contributed by atoms with Crippen LogP contribution in [-0.4, -0.2) is 38.6 Å². The van der Waals surface area contributed by atoms with E-state index in [4.69, 9.17) is 0 Å². The Hall–Kier alpha value is -1.46. The zero-order chi connectivity index (χ0) is 23.0. The van der Waals surface area contributed by atoms with E-state index in [1.807, 2.05) is 19.9 Å². The largest absolute Gasteiger partial charge is 0.511 e. The second kappa shape index (κ2) is 6.77. The summed E-state index contributed by atoms with van der Waals surface area (Å²) in [5, 5.41) is 34.1. The number of hydrogen-bond acceptors (Lipinski definition) is 5. The SMILES string of the molecule is CC(C)=CCC12C[C@H]3C(C)(C)[C@H](C(C)(C)O)C[C@@]3(C(O)=C(C(=O)C(C)C)C1=O)C2O. The molecule has 0 saturated heterocycles. The molecule has 3 aliphatic rings.